The molecule has 0 bridgehead atoms. The predicted molar refractivity (Wildman–Crippen MR) is 74.6 cm³/mol. The second kappa shape index (κ2) is 6.44. The van der Waals surface area contributed by atoms with Gasteiger partial charge in [-0.1, -0.05) is 0 Å². The van der Waals surface area contributed by atoms with Crippen LogP contribution in [-0.4, -0.2) is 27.9 Å². The fourth-order valence-electron chi connectivity index (χ4n) is 1.83. The zero-order chi connectivity index (χ0) is 16.3. The summed E-state index contributed by atoms with van der Waals surface area (Å²) in [7, 11) is 0. The topological polar surface area (TPSA) is 46.5 Å². The summed E-state index contributed by atoms with van der Waals surface area (Å²) in [6, 6.07) is 9.44. The molecule has 0 amide bonds. The molecule has 0 spiro atoms. The Morgan fingerprint density at radius 3 is 2.50 bits per heavy atom. The number of hydrogen-bond donors (Lipinski definition) is 1. The van der Waals surface area contributed by atoms with Crippen LogP contribution in [0, 0.1) is 0 Å². The first-order valence-electron chi connectivity index (χ1n) is 6.13. The van der Waals surface area contributed by atoms with Crippen LogP contribution in [0.15, 0.2) is 42.5 Å². The van der Waals surface area contributed by atoms with E-state index in [2.05, 4.69) is 16.9 Å². The van der Waals surface area contributed by atoms with Gasteiger partial charge in [0.1, 0.15) is 0 Å². The number of rotatable bonds is 4. The number of alkyl halides is 3. The Hall–Kier alpha value is -1.94. The first-order valence-corrected chi connectivity index (χ1v) is 7.07. The summed E-state index contributed by atoms with van der Waals surface area (Å²) in [5.41, 5.74) is -0.313. The molecule has 2 aromatic carbocycles. The van der Waals surface area contributed by atoms with Crippen LogP contribution in [0.2, 0.25) is 0 Å². The number of halogens is 3. The number of aromatic carboxylic acids is 1. The van der Waals surface area contributed by atoms with Crippen molar-refractivity contribution >= 4 is 27.2 Å². The molecule has 0 unspecified atom stereocenters. The molecule has 3 nitrogen and oxygen atoms in total. The van der Waals surface area contributed by atoms with Crippen LogP contribution >= 0.6 is 0 Å². The van der Waals surface area contributed by atoms with Crippen LogP contribution in [0.5, 0.6) is 5.75 Å². The van der Waals surface area contributed by atoms with E-state index in [1.54, 1.807) is 12.1 Å². The fourth-order valence-corrected chi connectivity index (χ4v) is 2.32. The quantitative estimate of drug-likeness (QED) is 0.843. The molecule has 7 heteroatoms. The zero-order valence-electron chi connectivity index (χ0n) is 11.1. The third-order valence-electron chi connectivity index (χ3n) is 2.88. The summed E-state index contributed by atoms with van der Waals surface area (Å²) in [4.78, 5) is 11.0. The standard InChI is InChI=1S/C15H10AsF3O3/c16-12-6-5-9(7-10(12)14(20)21)8-22-13-4-2-1-3-11(13)15(17,18)19/h1-7H,8H2,(H,20,21). The van der Waals surface area contributed by atoms with Crippen molar-refractivity contribution in [1.29, 1.82) is 0 Å². The Kier molecular flexibility index (Phi) is 4.81. The van der Waals surface area contributed by atoms with Gasteiger partial charge in [-0.05, 0) is 0 Å². The molecule has 0 aliphatic rings. The van der Waals surface area contributed by atoms with Crippen molar-refractivity contribution in [2.24, 2.45) is 0 Å². The Bertz CT molecular complexity index is 699. The summed E-state index contributed by atoms with van der Waals surface area (Å²) >= 11 is 2.13. The van der Waals surface area contributed by atoms with Gasteiger partial charge in [0.25, 0.3) is 0 Å². The second-order valence-corrected chi connectivity index (χ2v) is 5.45. The molecule has 0 aliphatic heterocycles. The molecular weight excluding hydrogens is 360 g/mol. The van der Waals surface area contributed by atoms with Crippen LogP contribution < -0.4 is 9.09 Å². The summed E-state index contributed by atoms with van der Waals surface area (Å²) in [6.45, 7) is -0.152. The van der Waals surface area contributed by atoms with E-state index in [0.717, 1.165) is 6.07 Å². The molecule has 2 rings (SSSR count). The molecule has 22 heavy (non-hydrogen) atoms. The third-order valence-corrected chi connectivity index (χ3v) is 3.70. The second-order valence-electron chi connectivity index (χ2n) is 4.44. The van der Waals surface area contributed by atoms with Crippen molar-refractivity contribution in [2.75, 3.05) is 0 Å². The first-order chi connectivity index (χ1) is 10.3. The number of benzene rings is 2. The summed E-state index contributed by atoms with van der Waals surface area (Å²) < 4.78 is 44.2. The number of carbonyl (C=O) groups is 1. The molecule has 0 atom stereocenters. The average molecular weight is 370 g/mol. The molecule has 0 heterocycles. The minimum atomic E-state index is -4.51. The molecule has 0 fully saturated rings. The monoisotopic (exact) mass is 370 g/mol. The van der Waals surface area contributed by atoms with Gasteiger partial charge in [-0.25, -0.2) is 0 Å². The van der Waals surface area contributed by atoms with Crippen LogP contribution in [0.1, 0.15) is 21.5 Å². The molecule has 114 valence electrons. The number of carboxylic acids is 1. The van der Waals surface area contributed by atoms with Crippen molar-refractivity contribution < 1.29 is 27.8 Å². The Labute approximate surface area is 133 Å². The van der Waals surface area contributed by atoms with Crippen molar-refractivity contribution in [1.82, 2.24) is 0 Å². The predicted octanol–water partition coefficient (Wildman–Crippen LogP) is 2.78. The van der Waals surface area contributed by atoms with Crippen LogP contribution in [0.4, 0.5) is 13.2 Å². The van der Waals surface area contributed by atoms with Crippen LogP contribution in [0.3, 0.4) is 0 Å². The van der Waals surface area contributed by atoms with Gasteiger partial charge in [0, 0.05) is 0 Å². The van der Waals surface area contributed by atoms with Crippen molar-refractivity contribution in [3.05, 3.63) is 59.2 Å². The van der Waals surface area contributed by atoms with Gasteiger partial charge >= 0.3 is 133 Å². The van der Waals surface area contributed by atoms with Gasteiger partial charge in [0.05, 0.1) is 0 Å². The Balaban J connectivity index is 2.21. The normalized spacial score (nSPS) is 11.3. The number of ether oxygens (including phenoxy) is 1. The maximum atomic E-state index is 12.8. The van der Waals surface area contributed by atoms with Crippen LogP contribution in [-0.2, 0) is 12.8 Å². The molecule has 2 radical (unpaired) electrons. The third kappa shape index (κ3) is 3.83. The van der Waals surface area contributed by atoms with Crippen LogP contribution in [0.25, 0.3) is 0 Å². The number of hydrogen-bond acceptors (Lipinski definition) is 2. The van der Waals surface area contributed by atoms with Gasteiger partial charge < -0.3 is 0 Å². The van der Waals surface area contributed by atoms with E-state index in [-0.39, 0.29) is 17.9 Å². The van der Waals surface area contributed by atoms with Gasteiger partial charge in [-0.3, -0.25) is 0 Å². The Morgan fingerprint density at radius 2 is 1.86 bits per heavy atom. The van der Waals surface area contributed by atoms with Gasteiger partial charge in [0.2, 0.25) is 0 Å². The fraction of sp³-hybridized carbons (Fsp3) is 0.133. The molecule has 2 aromatic rings. The summed E-state index contributed by atoms with van der Waals surface area (Å²) in [5, 5.41) is 9.03. The van der Waals surface area contributed by atoms with Crippen molar-refractivity contribution in [2.45, 2.75) is 12.8 Å². The van der Waals surface area contributed by atoms with Gasteiger partial charge in [0.15, 0.2) is 0 Å². The average Bonchev–Trinajstić information content (AvgIpc) is 2.45. The van der Waals surface area contributed by atoms with E-state index in [0.29, 0.717) is 9.91 Å². The maximum absolute atomic E-state index is 12.8. The van der Waals surface area contributed by atoms with Gasteiger partial charge in [-0.15, -0.1) is 0 Å². The molecule has 0 aromatic heterocycles. The first kappa shape index (κ1) is 16.4. The zero-order valence-corrected chi connectivity index (χ0v) is 13.0. The Morgan fingerprint density at radius 1 is 1.18 bits per heavy atom. The van der Waals surface area contributed by atoms with E-state index < -0.39 is 17.7 Å². The van der Waals surface area contributed by atoms with E-state index in [1.807, 2.05) is 0 Å². The molecule has 1 N–H and O–H groups in total. The molecular formula is C15H10AsF3O3. The summed E-state index contributed by atoms with van der Waals surface area (Å²) in [6.07, 6.45) is -4.51. The molecule has 0 saturated heterocycles. The molecule has 0 saturated carbocycles. The number of para-hydroxylation sites is 1. The SMILES string of the molecule is O=C(O)c1cc(COc2ccccc2C(F)(F)F)ccc1[As]. The van der Waals surface area contributed by atoms with Gasteiger partial charge in [-0.2, -0.15) is 0 Å². The van der Waals surface area contributed by atoms with Crippen molar-refractivity contribution in [3.8, 4) is 5.75 Å². The van der Waals surface area contributed by atoms with E-state index in [4.69, 9.17) is 9.84 Å². The van der Waals surface area contributed by atoms with Crippen molar-refractivity contribution in [3.63, 3.8) is 0 Å². The summed E-state index contributed by atoms with van der Waals surface area (Å²) in [5.74, 6) is -1.39. The van der Waals surface area contributed by atoms with E-state index >= 15 is 0 Å². The minimum absolute atomic E-state index is 0.0743. The van der Waals surface area contributed by atoms with E-state index in [9.17, 15) is 18.0 Å². The molecule has 0 aliphatic carbocycles. The number of carboxylic acid groups (broad SMARTS) is 1. The van der Waals surface area contributed by atoms with E-state index in [1.165, 1.54) is 24.3 Å².